The molecule has 0 aromatic heterocycles. The molecule has 1 fully saturated rings. The predicted molar refractivity (Wildman–Crippen MR) is 100 cm³/mol. The molecule has 0 saturated carbocycles. The maximum absolute atomic E-state index is 12.8. The molecule has 1 aliphatic heterocycles. The second-order valence-electron chi connectivity index (χ2n) is 6.71. The lowest BCUT2D eigenvalue weighted by atomic mass is 9.83. The highest BCUT2D eigenvalue weighted by atomic mass is 16.5. The number of hydrogen-bond acceptors (Lipinski definition) is 4. The molecule has 1 aliphatic rings. The highest BCUT2D eigenvalue weighted by Gasteiger charge is 2.41. The van der Waals surface area contributed by atoms with E-state index in [1.165, 1.54) is 0 Å². The molecule has 2 amide bonds. The van der Waals surface area contributed by atoms with Crippen LogP contribution in [0.5, 0.6) is 5.75 Å². The van der Waals surface area contributed by atoms with Crippen molar-refractivity contribution in [1.29, 1.82) is 0 Å². The van der Waals surface area contributed by atoms with E-state index < -0.39 is 17.9 Å². The van der Waals surface area contributed by atoms with Gasteiger partial charge in [-0.3, -0.25) is 14.4 Å². The van der Waals surface area contributed by atoms with E-state index in [2.05, 4.69) is 12.2 Å². The number of benzene rings is 1. The molecule has 0 spiro atoms. The van der Waals surface area contributed by atoms with Crippen LogP contribution in [-0.4, -0.2) is 48.0 Å². The van der Waals surface area contributed by atoms with E-state index in [4.69, 9.17) is 9.84 Å². The maximum Gasteiger partial charge on any atom is 0.305 e. The highest BCUT2D eigenvalue weighted by molar-refractivity contribution is 5.85. The van der Waals surface area contributed by atoms with Gasteiger partial charge in [0.1, 0.15) is 5.75 Å². The van der Waals surface area contributed by atoms with Gasteiger partial charge in [-0.1, -0.05) is 31.5 Å². The Hall–Kier alpha value is -2.57. The Morgan fingerprint density at radius 2 is 2.07 bits per heavy atom. The van der Waals surface area contributed by atoms with Crippen LogP contribution in [0.15, 0.2) is 24.3 Å². The third-order valence-electron chi connectivity index (χ3n) is 4.89. The summed E-state index contributed by atoms with van der Waals surface area (Å²) < 4.78 is 5.48. The van der Waals surface area contributed by atoms with Crippen LogP contribution in [0.1, 0.15) is 50.6 Å². The van der Waals surface area contributed by atoms with Gasteiger partial charge in [-0.05, 0) is 18.9 Å². The fourth-order valence-corrected chi connectivity index (χ4v) is 3.54. The van der Waals surface area contributed by atoms with Gasteiger partial charge < -0.3 is 20.1 Å². The van der Waals surface area contributed by atoms with Crippen molar-refractivity contribution in [1.82, 2.24) is 10.2 Å². The quantitative estimate of drug-likeness (QED) is 0.690. The molecule has 1 aromatic rings. The van der Waals surface area contributed by atoms with Gasteiger partial charge in [-0.2, -0.15) is 0 Å². The number of hydrogen-bond donors (Lipinski definition) is 2. The first-order valence-corrected chi connectivity index (χ1v) is 9.41. The summed E-state index contributed by atoms with van der Waals surface area (Å²) in [6.07, 6.45) is 2.41. The van der Waals surface area contributed by atoms with Crippen molar-refractivity contribution in [2.75, 3.05) is 20.2 Å². The zero-order valence-corrected chi connectivity index (χ0v) is 15.9. The molecule has 1 aromatic carbocycles. The minimum absolute atomic E-state index is 0.0361. The predicted octanol–water partition coefficient (Wildman–Crippen LogP) is 2.37. The molecule has 148 valence electrons. The molecule has 0 aliphatic carbocycles. The van der Waals surface area contributed by atoms with E-state index in [0.29, 0.717) is 25.1 Å². The van der Waals surface area contributed by atoms with E-state index in [1.54, 1.807) is 12.0 Å². The number of ether oxygens (including phenoxy) is 1. The third kappa shape index (κ3) is 5.21. The number of nitrogens with one attached hydrogen (secondary N) is 1. The minimum atomic E-state index is -0.958. The molecule has 1 heterocycles. The van der Waals surface area contributed by atoms with Crippen LogP contribution in [0, 0.1) is 5.92 Å². The van der Waals surface area contributed by atoms with Crippen LogP contribution in [-0.2, 0) is 14.4 Å². The number of carboxylic acids is 1. The smallest absolute Gasteiger partial charge is 0.305 e. The van der Waals surface area contributed by atoms with Crippen molar-refractivity contribution < 1.29 is 24.2 Å². The monoisotopic (exact) mass is 376 g/mol. The topological polar surface area (TPSA) is 95.9 Å². The van der Waals surface area contributed by atoms with E-state index in [0.717, 1.165) is 18.4 Å². The Morgan fingerprint density at radius 3 is 2.74 bits per heavy atom. The molecule has 2 rings (SSSR count). The number of likely N-dealkylation sites (tertiary alicyclic amines) is 1. The number of rotatable bonds is 9. The number of methoxy groups -OCH3 is 1. The summed E-state index contributed by atoms with van der Waals surface area (Å²) in [5, 5.41) is 11.5. The molecule has 0 unspecified atom stereocenters. The Kier molecular flexibility index (Phi) is 7.64. The van der Waals surface area contributed by atoms with Crippen molar-refractivity contribution in [3.05, 3.63) is 29.8 Å². The lowest BCUT2D eigenvalue weighted by molar-refractivity contribution is -0.143. The van der Waals surface area contributed by atoms with Gasteiger partial charge in [0.15, 0.2) is 0 Å². The molecule has 7 nitrogen and oxygen atoms in total. The van der Waals surface area contributed by atoms with Crippen LogP contribution >= 0.6 is 0 Å². The highest BCUT2D eigenvalue weighted by Crippen LogP contribution is 2.40. The number of nitrogens with zero attached hydrogens (tertiary/aromatic N) is 1. The van der Waals surface area contributed by atoms with Gasteiger partial charge in [0.05, 0.1) is 25.5 Å². The summed E-state index contributed by atoms with van der Waals surface area (Å²) in [5.41, 5.74) is 0.808. The van der Waals surface area contributed by atoms with E-state index in [9.17, 15) is 14.4 Å². The first-order chi connectivity index (χ1) is 13.0. The summed E-state index contributed by atoms with van der Waals surface area (Å²) in [6.45, 7) is 2.71. The van der Waals surface area contributed by atoms with Crippen LogP contribution in [0.2, 0.25) is 0 Å². The van der Waals surface area contributed by atoms with Gasteiger partial charge in [0.25, 0.3) is 0 Å². The summed E-state index contributed by atoms with van der Waals surface area (Å²) in [6, 6.07) is 7.02. The van der Waals surface area contributed by atoms with E-state index in [-0.39, 0.29) is 24.8 Å². The van der Waals surface area contributed by atoms with Crippen molar-refractivity contribution >= 4 is 17.8 Å². The number of piperidine rings is 1. The Labute approximate surface area is 159 Å². The molecule has 7 heteroatoms. The number of amides is 2. The number of para-hydroxylation sites is 1. The second-order valence-corrected chi connectivity index (χ2v) is 6.71. The molecule has 1 saturated heterocycles. The van der Waals surface area contributed by atoms with Crippen LogP contribution in [0.25, 0.3) is 0 Å². The lowest BCUT2D eigenvalue weighted by Gasteiger charge is -2.41. The molecule has 2 atom stereocenters. The Balaban J connectivity index is 2.33. The van der Waals surface area contributed by atoms with Crippen LogP contribution < -0.4 is 10.1 Å². The fourth-order valence-electron chi connectivity index (χ4n) is 3.54. The number of unbranched alkanes of at least 4 members (excludes halogenated alkanes) is 1. The Bertz CT molecular complexity index is 676. The molecular formula is C20H28N2O5. The normalized spacial score (nSPS) is 19.6. The van der Waals surface area contributed by atoms with Gasteiger partial charge in [-0.15, -0.1) is 0 Å². The zero-order valence-electron chi connectivity index (χ0n) is 15.9. The molecule has 2 N–H and O–H groups in total. The van der Waals surface area contributed by atoms with E-state index >= 15 is 0 Å². The Morgan fingerprint density at radius 1 is 1.33 bits per heavy atom. The zero-order chi connectivity index (χ0) is 19.8. The van der Waals surface area contributed by atoms with Crippen molar-refractivity contribution in [3.8, 4) is 5.75 Å². The van der Waals surface area contributed by atoms with Crippen molar-refractivity contribution in [2.45, 2.75) is 45.1 Å². The molecular weight excluding hydrogens is 348 g/mol. The molecule has 0 radical (unpaired) electrons. The first kappa shape index (κ1) is 20.7. The summed E-state index contributed by atoms with van der Waals surface area (Å²) in [4.78, 5) is 37.9. The maximum atomic E-state index is 12.8. The number of carbonyl (C=O) groups excluding carboxylic acids is 2. The average molecular weight is 376 g/mol. The van der Waals surface area contributed by atoms with E-state index in [1.807, 2.05) is 24.3 Å². The van der Waals surface area contributed by atoms with Crippen molar-refractivity contribution in [2.24, 2.45) is 5.92 Å². The van der Waals surface area contributed by atoms with Gasteiger partial charge in [-0.25, -0.2) is 0 Å². The lowest BCUT2D eigenvalue weighted by Crippen LogP contribution is -2.48. The molecule has 27 heavy (non-hydrogen) atoms. The number of carboxylic acid groups (broad SMARTS) is 1. The van der Waals surface area contributed by atoms with Gasteiger partial charge in [0, 0.05) is 25.1 Å². The summed E-state index contributed by atoms with van der Waals surface area (Å²) in [5.74, 6) is -0.943. The van der Waals surface area contributed by atoms with Crippen LogP contribution in [0.3, 0.4) is 0 Å². The van der Waals surface area contributed by atoms with Gasteiger partial charge >= 0.3 is 5.97 Å². The first-order valence-electron chi connectivity index (χ1n) is 9.41. The summed E-state index contributed by atoms with van der Waals surface area (Å²) in [7, 11) is 1.57. The minimum Gasteiger partial charge on any atom is -0.496 e. The number of carbonyl (C=O) groups is 3. The summed E-state index contributed by atoms with van der Waals surface area (Å²) >= 11 is 0. The number of aliphatic carboxylic acids is 1. The largest absolute Gasteiger partial charge is 0.496 e. The van der Waals surface area contributed by atoms with Crippen LogP contribution in [0.4, 0.5) is 0 Å². The fraction of sp³-hybridized carbons (Fsp3) is 0.550. The van der Waals surface area contributed by atoms with Crippen molar-refractivity contribution in [3.63, 3.8) is 0 Å². The SMILES string of the molecule is CCCCN1C(=O)CC[C@@H](C(=O)NCCC(=O)O)[C@@H]1c1ccccc1OC. The molecule has 0 bridgehead atoms. The van der Waals surface area contributed by atoms with Gasteiger partial charge in [0.2, 0.25) is 11.8 Å². The third-order valence-corrected chi connectivity index (χ3v) is 4.89. The standard InChI is InChI=1S/C20H28N2O5/c1-3-4-13-22-17(23)10-9-15(20(26)21-12-11-18(24)25)19(22)14-7-5-6-8-16(14)27-2/h5-8,15,19H,3-4,9-13H2,1-2H3,(H,21,26)(H,24,25)/t15-,19+/m1/s1. The average Bonchev–Trinajstić information content (AvgIpc) is 2.66. The second kappa shape index (κ2) is 9.94.